The molecular weight excluding hydrogens is 282 g/mol. The molecule has 6 heteroatoms. The molecule has 6 nitrogen and oxygen atoms in total. The molecule has 0 bridgehead atoms. The summed E-state index contributed by atoms with van der Waals surface area (Å²) >= 11 is 0. The highest BCUT2D eigenvalue weighted by atomic mass is 16.3. The lowest BCUT2D eigenvalue weighted by atomic mass is 10.2. The summed E-state index contributed by atoms with van der Waals surface area (Å²) in [5.41, 5.74) is 5.85. The third kappa shape index (κ3) is 4.25. The fraction of sp³-hybridized carbons (Fsp3) is 0.375. The lowest BCUT2D eigenvalue weighted by molar-refractivity contribution is -0.118. The fourth-order valence-electron chi connectivity index (χ4n) is 2.37. The van der Waals surface area contributed by atoms with Gasteiger partial charge in [-0.3, -0.25) is 13.9 Å². The van der Waals surface area contributed by atoms with Gasteiger partial charge in [0, 0.05) is 13.0 Å². The Bertz CT molecular complexity index is 674. The van der Waals surface area contributed by atoms with Gasteiger partial charge in [0.15, 0.2) is 0 Å². The molecule has 1 amide bonds. The van der Waals surface area contributed by atoms with Gasteiger partial charge in [-0.25, -0.2) is 4.79 Å². The van der Waals surface area contributed by atoms with Crippen molar-refractivity contribution in [1.82, 2.24) is 9.13 Å². The quantitative estimate of drug-likeness (QED) is 0.723. The summed E-state index contributed by atoms with van der Waals surface area (Å²) in [7, 11) is 0. The molecule has 0 atom stereocenters. The van der Waals surface area contributed by atoms with E-state index in [9.17, 15) is 14.7 Å². The third-order valence-electron chi connectivity index (χ3n) is 3.53. The van der Waals surface area contributed by atoms with Gasteiger partial charge < -0.3 is 10.8 Å². The average Bonchev–Trinajstić information content (AvgIpc) is 2.75. The normalized spacial score (nSPS) is 10.7. The number of rotatable bonds is 8. The lowest BCUT2D eigenvalue weighted by Gasteiger charge is -2.03. The number of nitrogens with two attached hydrogens (primary N) is 1. The Kier molecular flexibility index (Phi) is 5.41. The van der Waals surface area contributed by atoms with Crippen molar-refractivity contribution in [1.29, 1.82) is 0 Å². The van der Waals surface area contributed by atoms with Gasteiger partial charge in [-0.1, -0.05) is 36.8 Å². The minimum atomic E-state index is -0.311. The number of hydrogen-bond donors (Lipinski definition) is 2. The van der Waals surface area contributed by atoms with Crippen molar-refractivity contribution in [2.45, 2.75) is 38.8 Å². The molecule has 22 heavy (non-hydrogen) atoms. The Morgan fingerprint density at radius 1 is 1.14 bits per heavy atom. The predicted octanol–water partition coefficient (Wildman–Crippen LogP) is 1.45. The zero-order chi connectivity index (χ0) is 15.9. The number of nitrogens with zero attached hydrogens (tertiary/aromatic N) is 2. The number of primary amides is 1. The minimum Gasteiger partial charge on any atom is -0.493 e. The van der Waals surface area contributed by atoms with Gasteiger partial charge in [-0.2, -0.15) is 0 Å². The first-order chi connectivity index (χ1) is 10.6. The summed E-state index contributed by atoms with van der Waals surface area (Å²) in [6.45, 7) is 0.868. The highest BCUT2D eigenvalue weighted by Crippen LogP contribution is 2.10. The van der Waals surface area contributed by atoms with Crippen LogP contribution in [0.4, 0.5) is 0 Å². The molecule has 0 saturated carbocycles. The van der Waals surface area contributed by atoms with Crippen molar-refractivity contribution >= 4 is 5.91 Å². The molecule has 0 radical (unpaired) electrons. The van der Waals surface area contributed by atoms with E-state index in [-0.39, 0.29) is 17.5 Å². The molecule has 0 unspecified atom stereocenters. The number of carbonyl (C=O) groups excluding carboxylic acids is 1. The standard InChI is InChI=1S/C16H21N3O3/c17-14(20)9-5-2-6-10-19-15(21)12-18(16(19)22)11-13-7-3-1-4-8-13/h1,3-4,7-8,12,21H,2,5-6,9-11H2,(H2,17,20). The minimum absolute atomic E-state index is 0.0316. The lowest BCUT2D eigenvalue weighted by Crippen LogP contribution is -2.24. The molecule has 0 aliphatic rings. The van der Waals surface area contributed by atoms with Crippen molar-refractivity contribution in [3.05, 3.63) is 52.6 Å². The Labute approximate surface area is 128 Å². The van der Waals surface area contributed by atoms with E-state index in [1.165, 1.54) is 15.3 Å². The van der Waals surface area contributed by atoms with E-state index in [2.05, 4.69) is 0 Å². The average molecular weight is 303 g/mol. The topological polar surface area (TPSA) is 90.2 Å². The van der Waals surface area contributed by atoms with Crippen LogP contribution < -0.4 is 11.4 Å². The number of aromatic nitrogens is 2. The Balaban J connectivity index is 1.95. The van der Waals surface area contributed by atoms with E-state index in [1.54, 1.807) is 0 Å². The maximum atomic E-state index is 12.3. The fourth-order valence-corrected chi connectivity index (χ4v) is 2.37. The number of benzene rings is 1. The monoisotopic (exact) mass is 303 g/mol. The summed E-state index contributed by atoms with van der Waals surface area (Å²) < 4.78 is 2.85. The van der Waals surface area contributed by atoms with Crippen molar-refractivity contribution in [3.8, 4) is 5.88 Å². The third-order valence-corrected chi connectivity index (χ3v) is 3.53. The SMILES string of the molecule is NC(=O)CCCCCn1c(O)cn(Cc2ccccc2)c1=O. The molecule has 3 N–H and O–H groups in total. The first kappa shape index (κ1) is 15.9. The van der Waals surface area contributed by atoms with Gasteiger partial charge in [0.2, 0.25) is 11.8 Å². The van der Waals surface area contributed by atoms with Crippen LogP contribution in [0, 0.1) is 0 Å². The molecular formula is C16H21N3O3. The highest BCUT2D eigenvalue weighted by molar-refractivity contribution is 5.73. The van der Waals surface area contributed by atoms with Gasteiger partial charge in [0.1, 0.15) is 0 Å². The van der Waals surface area contributed by atoms with Crippen molar-refractivity contribution in [2.75, 3.05) is 0 Å². The second-order valence-electron chi connectivity index (χ2n) is 5.31. The van der Waals surface area contributed by atoms with Crippen LogP contribution in [0.1, 0.15) is 31.2 Å². The molecule has 2 rings (SSSR count). The summed E-state index contributed by atoms with van der Waals surface area (Å²) in [6.07, 6.45) is 4.03. The Morgan fingerprint density at radius 2 is 1.86 bits per heavy atom. The van der Waals surface area contributed by atoms with Crippen LogP contribution in [-0.4, -0.2) is 20.1 Å². The van der Waals surface area contributed by atoms with E-state index < -0.39 is 0 Å². The van der Waals surface area contributed by atoms with Gasteiger partial charge in [0.05, 0.1) is 12.7 Å². The van der Waals surface area contributed by atoms with Gasteiger partial charge in [-0.05, 0) is 18.4 Å². The van der Waals surface area contributed by atoms with Gasteiger partial charge in [-0.15, -0.1) is 0 Å². The van der Waals surface area contributed by atoms with Crippen LogP contribution in [0.15, 0.2) is 41.3 Å². The van der Waals surface area contributed by atoms with E-state index in [4.69, 9.17) is 5.73 Å². The van der Waals surface area contributed by atoms with Crippen molar-refractivity contribution < 1.29 is 9.90 Å². The smallest absolute Gasteiger partial charge is 0.331 e. The van der Waals surface area contributed by atoms with Crippen LogP contribution in [0.25, 0.3) is 0 Å². The first-order valence-electron chi connectivity index (χ1n) is 7.39. The molecule has 0 aliphatic heterocycles. The number of aromatic hydroxyl groups is 1. The van der Waals surface area contributed by atoms with Crippen molar-refractivity contribution in [3.63, 3.8) is 0 Å². The first-order valence-corrected chi connectivity index (χ1v) is 7.39. The van der Waals surface area contributed by atoms with E-state index in [0.29, 0.717) is 25.9 Å². The Morgan fingerprint density at radius 3 is 2.55 bits per heavy atom. The van der Waals surface area contributed by atoms with Crippen LogP contribution in [-0.2, 0) is 17.9 Å². The summed E-state index contributed by atoms with van der Waals surface area (Å²) in [5.74, 6) is -0.343. The molecule has 1 heterocycles. The van der Waals surface area contributed by atoms with Crippen molar-refractivity contribution in [2.24, 2.45) is 5.73 Å². The molecule has 0 spiro atoms. The number of imidazole rings is 1. The number of hydrogen-bond acceptors (Lipinski definition) is 3. The summed E-state index contributed by atoms with van der Waals surface area (Å²) in [6, 6.07) is 9.61. The van der Waals surface area contributed by atoms with Crippen LogP contribution in [0.3, 0.4) is 0 Å². The van der Waals surface area contributed by atoms with E-state index in [0.717, 1.165) is 18.4 Å². The maximum Gasteiger partial charge on any atom is 0.331 e. The number of unbranched alkanes of at least 4 members (excludes halogenated alkanes) is 2. The van der Waals surface area contributed by atoms with Crippen LogP contribution >= 0.6 is 0 Å². The molecule has 0 aliphatic carbocycles. The zero-order valence-electron chi connectivity index (χ0n) is 12.4. The molecule has 2 aromatic rings. The van der Waals surface area contributed by atoms with E-state index in [1.807, 2.05) is 30.3 Å². The molecule has 1 aromatic heterocycles. The largest absolute Gasteiger partial charge is 0.493 e. The van der Waals surface area contributed by atoms with Gasteiger partial charge in [0.25, 0.3) is 0 Å². The molecule has 0 saturated heterocycles. The highest BCUT2D eigenvalue weighted by Gasteiger charge is 2.10. The Hall–Kier alpha value is -2.50. The van der Waals surface area contributed by atoms with E-state index >= 15 is 0 Å². The molecule has 1 aromatic carbocycles. The second-order valence-corrected chi connectivity index (χ2v) is 5.31. The van der Waals surface area contributed by atoms with Gasteiger partial charge >= 0.3 is 5.69 Å². The summed E-state index contributed by atoms with van der Waals surface area (Å²) in [4.78, 5) is 22.9. The maximum absolute atomic E-state index is 12.3. The molecule has 118 valence electrons. The number of carbonyl (C=O) groups is 1. The van der Waals surface area contributed by atoms with Crippen LogP contribution in [0.5, 0.6) is 5.88 Å². The molecule has 0 fully saturated rings. The second kappa shape index (κ2) is 7.49. The predicted molar refractivity (Wildman–Crippen MR) is 83.6 cm³/mol. The zero-order valence-corrected chi connectivity index (χ0v) is 12.4. The number of amides is 1. The van der Waals surface area contributed by atoms with Crippen LogP contribution in [0.2, 0.25) is 0 Å². The summed E-state index contributed by atoms with van der Waals surface area (Å²) in [5, 5.41) is 9.90.